The van der Waals surface area contributed by atoms with E-state index in [1.165, 1.54) is 37.1 Å². The molecule has 116 valence electrons. The molecule has 0 amide bonds. The molecule has 8 nitrogen and oxygen atoms in total. The number of hydrogen-bond donors (Lipinski definition) is 0. The molecule has 0 aliphatic rings. The normalized spacial score (nSPS) is 10.3. The molecule has 0 saturated heterocycles. The van der Waals surface area contributed by atoms with Crippen LogP contribution in [0.2, 0.25) is 0 Å². The summed E-state index contributed by atoms with van der Waals surface area (Å²) in [6, 6.07) is 2.88. The number of nitrogens with zero attached hydrogens (tertiary/aromatic N) is 2. The zero-order chi connectivity index (χ0) is 16.3. The minimum absolute atomic E-state index is 0.0690. The number of aromatic nitrogens is 2. The molecule has 2 aromatic rings. The molecule has 0 bridgehead atoms. The monoisotopic (exact) mass is 306 g/mol. The summed E-state index contributed by atoms with van der Waals surface area (Å²) in [6.07, 6.45) is 1.44. The lowest BCUT2D eigenvalue weighted by Gasteiger charge is -2.03. The van der Waals surface area contributed by atoms with Crippen molar-refractivity contribution in [2.24, 2.45) is 0 Å². The van der Waals surface area contributed by atoms with Crippen LogP contribution < -0.4 is 0 Å². The van der Waals surface area contributed by atoms with Crippen molar-refractivity contribution in [2.45, 2.75) is 6.92 Å². The van der Waals surface area contributed by atoms with Gasteiger partial charge in [0.15, 0.2) is 5.69 Å². The number of pyridine rings is 1. The lowest BCUT2D eigenvalue weighted by Crippen LogP contribution is -2.10. The van der Waals surface area contributed by atoms with Crippen molar-refractivity contribution >= 4 is 23.4 Å². The number of rotatable bonds is 4. The summed E-state index contributed by atoms with van der Waals surface area (Å²) in [5.74, 6) is -2.07. The fourth-order valence-corrected chi connectivity index (χ4v) is 1.93. The summed E-state index contributed by atoms with van der Waals surface area (Å²) in [6.45, 7) is 1.91. The Labute approximate surface area is 125 Å². The minimum atomic E-state index is -0.776. The van der Waals surface area contributed by atoms with Gasteiger partial charge >= 0.3 is 17.9 Å². The summed E-state index contributed by atoms with van der Waals surface area (Å²) in [5, 5.41) is 3.99. The van der Waals surface area contributed by atoms with E-state index in [2.05, 4.69) is 14.6 Å². The van der Waals surface area contributed by atoms with Gasteiger partial charge in [0, 0.05) is 6.20 Å². The van der Waals surface area contributed by atoms with Crippen molar-refractivity contribution in [1.29, 1.82) is 0 Å². The Morgan fingerprint density at radius 3 is 2.41 bits per heavy atom. The molecule has 2 heterocycles. The second-order valence-electron chi connectivity index (χ2n) is 4.17. The molecule has 2 aromatic heterocycles. The Morgan fingerprint density at radius 2 is 1.82 bits per heavy atom. The van der Waals surface area contributed by atoms with E-state index in [4.69, 9.17) is 4.74 Å². The number of ether oxygens (including phenoxy) is 3. The first-order chi connectivity index (χ1) is 10.5. The fourth-order valence-electron chi connectivity index (χ4n) is 1.93. The number of fused-ring (bicyclic) bond motifs is 1. The fraction of sp³-hybridized carbons (Fsp3) is 0.286. The average Bonchev–Trinajstić information content (AvgIpc) is 2.92. The summed E-state index contributed by atoms with van der Waals surface area (Å²) >= 11 is 0. The molecule has 0 aromatic carbocycles. The second kappa shape index (κ2) is 6.25. The molecule has 0 fully saturated rings. The first-order valence-electron chi connectivity index (χ1n) is 6.39. The average molecular weight is 306 g/mol. The Kier molecular flexibility index (Phi) is 4.40. The van der Waals surface area contributed by atoms with Gasteiger partial charge in [-0.25, -0.2) is 18.9 Å². The van der Waals surface area contributed by atoms with Crippen molar-refractivity contribution in [3.05, 3.63) is 35.2 Å². The van der Waals surface area contributed by atoms with Gasteiger partial charge in [-0.2, -0.15) is 5.10 Å². The van der Waals surface area contributed by atoms with Gasteiger partial charge in [-0.05, 0) is 19.1 Å². The zero-order valence-corrected chi connectivity index (χ0v) is 12.3. The van der Waals surface area contributed by atoms with Gasteiger partial charge in [0.1, 0.15) is 5.56 Å². The molecule has 0 N–H and O–H groups in total. The van der Waals surface area contributed by atoms with Crippen LogP contribution in [0, 0.1) is 0 Å². The maximum Gasteiger partial charge on any atom is 0.359 e. The summed E-state index contributed by atoms with van der Waals surface area (Å²) in [5.41, 5.74) is 0.226. The maximum absolute atomic E-state index is 11.9. The Morgan fingerprint density at radius 1 is 1.14 bits per heavy atom. The lowest BCUT2D eigenvalue weighted by atomic mass is 10.1. The van der Waals surface area contributed by atoms with Crippen LogP contribution in [0.4, 0.5) is 0 Å². The molecule has 0 spiro atoms. The molecule has 0 radical (unpaired) electrons. The SMILES string of the molecule is CCOC(=O)c1ccn2nc(C(=O)OC)c(C(=O)OC)c2c1. The van der Waals surface area contributed by atoms with E-state index in [-0.39, 0.29) is 28.9 Å². The predicted octanol–water partition coefficient (Wildman–Crippen LogP) is 1.08. The first kappa shape index (κ1) is 15.5. The van der Waals surface area contributed by atoms with Gasteiger partial charge < -0.3 is 14.2 Å². The van der Waals surface area contributed by atoms with Gasteiger partial charge in [0.05, 0.1) is 31.9 Å². The summed E-state index contributed by atoms with van der Waals surface area (Å²) in [7, 11) is 2.36. The molecular weight excluding hydrogens is 292 g/mol. The molecule has 8 heteroatoms. The van der Waals surface area contributed by atoms with Gasteiger partial charge in [-0.15, -0.1) is 0 Å². The molecule has 0 aliphatic carbocycles. The second-order valence-corrected chi connectivity index (χ2v) is 4.17. The highest BCUT2D eigenvalue weighted by molar-refractivity contribution is 6.07. The van der Waals surface area contributed by atoms with Gasteiger partial charge in [0.2, 0.25) is 0 Å². The lowest BCUT2D eigenvalue weighted by molar-refractivity contribution is 0.0524. The van der Waals surface area contributed by atoms with E-state index >= 15 is 0 Å². The Balaban J connectivity index is 2.66. The van der Waals surface area contributed by atoms with Crippen LogP contribution in [-0.4, -0.2) is 48.3 Å². The summed E-state index contributed by atoms with van der Waals surface area (Å²) in [4.78, 5) is 35.5. The number of hydrogen-bond acceptors (Lipinski definition) is 7. The number of carbonyl (C=O) groups excluding carboxylic acids is 3. The number of carbonyl (C=O) groups is 3. The van der Waals surface area contributed by atoms with Crippen LogP contribution >= 0.6 is 0 Å². The van der Waals surface area contributed by atoms with Crippen molar-refractivity contribution in [3.8, 4) is 0 Å². The van der Waals surface area contributed by atoms with Crippen LogP contribution in [0.25, 0.3) is 5.52 Å². The minimum Gasteiger partial charge on any atom is -0.465 e. The predicted molar refractivity (Wildman–Crippen MR) is 73.8 cm³/mol. The van der Waals surface area contributed by atoms with Crippen LogP contribution in [0.3, 0.4) is 0 Å². The summed E-state index contributed by atoms with van der Waals surface area (Å²) < 4.78 is 15.5. The standard InChI is InChI=1S/C14H14N2O6/c1-4-22-12(17)8-5-6-16-9(7-8)10(13(18)20-2)11(15-16)14(19)21-3/h5-7H,4H2,1-3H3. The molecular formula is C14H14N2O6. The van der Waals surface area contributed by atoms with E-state index in [1.807, 2.05) is 0 Å². The van der Waals surface area contributed by atoms with Crippen LogP contribution in [-0.2, 0) is 14.2 Å². The van der Waals surface area contributed by atoms with Crippen molar-refractivity contribution < 1.29 is 28.6 Å². The third-order valence-corrected chi connectivity index (χ3v) is 2.91. The third kappa shape index (κ3) is 2.62. The molecule has 0 atom stereocenters. The quantitative estimate of drug-likeness (QED) is 0.616. The topological polar surface area (TPSA) is 96.2 Å². The van der Waals surface area contributed by atoms with Gasteiger partial charge in [-0.1, -0.05) is 0 Å². The highest BCUT2D eigenvalue weighted by Crippen LogP contribution is 2.19. The van der Waals surface area contributed by atoms with E-state index in [1.54, 1.807) is 6.92 Å². The smallest absolute Gasteiger partial charge is 0.359 e. The highest BCUT2D eigenvalue weighted by Gasteiger charge is 2.26. The van der Waals surface area contributed by atoms with Crippen molar-refractivity contribution in [2.75, 3.05) is 20.8 Å². The Hall–Kier alpha value is -2.90. The van der Waals surface area contributed by atoms with Gasteiger partial charge in [0.25, 0.3) is 0 Å². The van der Waals surface area contributed by atoms with E-state index < -0.39 is 17.9 Å². The first-order valence-corrected chi connectivity index (χ1v) is 6.39. The van der Waals surface area contributed by atoms with E-state index in [0.717, 1.165) is 0 Å². The maximum atomic E-state index is 11.9. The molecule has 0 saturated carbocycles. The zero-order valence-electron chi connectivity index (χ0n) is 12.3. The molecule has 2 rings (SSSR count). The van der Waals surface area contributed by atoms with Crippen molar-refractivity contribution in [3.63, 3.8) is 0 Å². The third-order valence-electron chi connectivity index (χ3n) is 2.91. The molecule has 0 unspecified atom stereocenters. The molecule has 0 aliphatic heterocycles. The number of methoxy groups -OCH3 is 2. The molecule has 22 heavy (non-hydrogen) atoms. The van der Waals surface area contributed by atoms with Gasteiger partial charge in [-0.3, -0.25) is 0 Å². The van der Waals surface area contributed by atoms with Crippen molar-refractivity contribution in [1.82, 2.24) is 9.61 Å². The van der Waals surface area contributed by atoms with E-state index in [0.29, 0.717) is 0 Å². The van der Waals surface area contributed by atoms with Crippen LogP contribution in [0.5, 0.6) is 0 Å². The highest BCUT2D eigenvalue weighted by atomic mass is 16.5. The van der Waals surface area contributed by atoms with E-state index in [9.17, 15) is 14.4 Å². The number of esters is 3. The van der Waals surface area contributed by atoms with Crippen LogP contribution in [0.1, 0.15) is 38.1 Å². The Bertz CT molecular complexity index is 749. The largest absolute Gasteiger partial charge is 0.465 e. The van der Waals surface area contributed by atoms with Crippen LogP contribution in [0.15, 0.2) is 18.3 Å².